The number of aromatic nitrogens is 2. The van der Waals surface area contributed by atoms with Gasteiger partial charge in [-0.2, -0.15) is 10.4 Å². The van der Waals surface area contributed by atoms with Crippen LogP contribution in [0.5, 0.6) is 17.4 Å². The van der Waals surface area contributed by atoms with E-state index in [1.165, 1.54) is 11.8 Å². The average molecular weight is 457 g/mol. The van der Waals surface area contributed by atoms with Crippen LogP contribution in [-0.4, -0.2) is 22.5 Å². The highest BCUT2D eigenvalue weighted by Crippen LogP contribution is 2.30. The van der Waals surface area contributed by atoms with Crippen LogP contribution in [0.15, 0.2) is 72.0 Å². The Bertz CT molecular complexity index is 1110. The standard InChI is InChI=1S/C28H32N4O2/c1-4-5-7-10-22-11-8-6-9-12-26(30-18-22)25-14-13-23(17-29)15-27(25)34-24-16-28(32-31-19-24)33-20-21(2)3/h4,8,11,13-16,18-19,21H,1,5-7,9-10,12,20H2,2-3H3. The van der Waals surface area contributed by atoms with Crippen LogP contribution in [0.3, 0.4) is 0 Å². The molecule has 1 aliphatic heterocycles. The minimum absolute atomic E-state index is 0.371. The molecule has 0 saturated heterocycles. The van der Waals surface area contributed by atoms with E-state index in [4.69, 9.17) is 14.5 Å². The van der Waals surface area contributed by atoms with E-state index in [1.807, 2.05) is 18.3 Å². The van der Waals surface area contributed by atoms with Gasteiger partial charge < -0.3 is 9.47 Å². The van der Waals surface area contributed by atoms with Crippen LogP contribution < -0.4 is 9.47 Å². The molecule has 3 rings (SSSR count). The normalized spacial score (nSPS) is 13.7. The van der Waals surface area contributed by atoms with Crippen LogP contribution in [0.4, 0.5) is 0 Å². The Balaban J connectivity index is 1.91. The second kappa shape index (κ2) is 13.1. The molecule has 0 bridgehead atoms. The van der Waals surface area contributed by atoms with Gasteiger partial charge in [0.05, 0.1) is 30.1 Å². The van der Waals surface area contributed by atoms with E-state index in [0.29, 0.717) is 35.5 Å². The molecular formula is C28H32N4O2. The Morgan fingerprint density at radius 3 is 2.94 bits per heavy atom. The number of hydrogen-bond donors (Lipinski definition) is 0. The van der Waals surface area contributed by atoms with Crippen molar-refractivity contribution in [2.75, 3.05) is 6.61 Å². The molecule has 0 spiro atoms. The van der Waals surface area contributed by atoms with Gasteiger partial charge in [0.15, 0.2) is 5.75 Å². The SMILES string of the molecule is C=CCCCC1=CN=C(c2ccc(C#N)cc2Oc2cnnc(OCC(C)C)c2)CCCC=C1. The van der Waals surface area contributed by atoms with E-state index >= 15 is 0 Å². The number of nitriles is 1. The van der Waals surface area contributed by atoms with Gasteiger partial charge >= 0.3 is 0 Å². The summed E-state index contributed by atoms with van der Waals surface area (Å²) in [5.41, 5.74) is 3.51. The first-order chi connectivity index (χ1) is 16.6. The number of ether oxygens (including phenoxy) is 2. The number of rotatable bonds is 10. The van der Waals surface area contributed by atoms with E-state index in [2.05, 4.69) is 48.8 Å². The van der Waals surface area contributed by atoms with Gasteiger partial charge in [-0.05, 0) is 68.2 Å². The third-order valence-electron chi connectivity index (χ3n) is 5.20. The predicted molar refractivity (Wildman–Crippen MR) is 135 cm³/mol. The van der Waals surface area contributed by atoms with E-state index in [0.717, 1.165) is 49.8 Å². The fourth-order valence-corrected chi connectivity index (χ4v) is 3.44. The maximum Gasteiger partial charge on any atom is 0.237 e. The molecule has 0 N–H and O–H groups in total. The number of aliphatic imine (C=N–C) groups is 1. The Morgan fingerprint density at radius 1 is 1.26 bits per heavy atom. The van der Waals surface area contributed by atoms with Crippen molar-refractivity contribution in [2.24, 2.45) is 10.9 Å². The van der Waals surface area contributed by atoms with Crippen molar-refractivity contribution in [3.05, 3.63) is 78.2 Å². The Morgan fingerprint density at radius 2 is 2.15 bits per heavy atom. The van der Waals surface area contributed by atoms with Crippen molar-refractivity contribution in [2.45, 2.75) is 52.4 Å². The van der Waals surface area contributed by atoms with Crippen LogP contribution in [0.2, 0.25) is 0 Å². The highest BCUT2D eigenvalue weighted by molar-refractivity contribution is 6.03. The lowest BCUT2D eigenvalue weighted by atomic mass is 10.0. The molecule has 1 aromatic carbocycles. The molecule has 0 radical (unpaired) electrons. The smallest absolute Gasteiger partial charge is 0.237 e. The molecule has 1 aromatic heterocycles. The molecule has 2 heterocycles. The number of benzene rings is 1. The lowest BCUT2D eigenvalue weighted by Crippen LogP contribution is -2.07. The van der Waals surface area contributed by atoms with Gasteiger partial charge in [-0.1, -0.05) is 32.1 Å². The maximum atomic E-state index is 9.45. The number of unbranched alkanes of at least 4 members (excludes halogenated alkanes) is 1. The average Bonchev–Trinajstić information content (AvgIpc) is 2.95. The molecule has 34 heavy (non-hydrogen) atoms. The zero-order chi connectivity index (χ0) is 24.2. The number of hydrogen-bond acceptors (Lipinski definition) is 6. The predicted octanol–water partition coefficient (Wildman–Crippen LogP) is 6.94. The molecule has 0 unspecified atom stereocenters. The van der Waals surface area contributed by atoms with Crippen LogP contribution >= 0.6 is 0 Å². The number of allylic oxidation sites excluding steroid dienone is 4. The second-order valence-electron chi connectivity index (χ2n) is 8.61. The van der Waals surface area contributed by atoms with Crippen molar-refractivity contribution in [1.29, 1.82) is 5.26 Å². The summed E-state index contributed by atoms with van der Waals surface area (Å²) in [6, 6.07) is 9.36. The first kappa shape index (κ1) is 24.9. The van der Waals surface area contributed by atoms with Gasteiger partial charge in [0.2, 0.25) is 5.88 Å². The van der Waals surface area contributed by atoms with E-state index in [9.17, 15) is 5.26 Å². The quantitative estimate of drug-likeness (QED) is 0.286. The summed E-state index contributed by atoms with van der Waals surface area (Å²) in [7, 11) is 0. The summed E-state index contributed by atoms with van der Waals surface area (Å²) in [4.78, 5) is 4.86. The zero-order valence-corrected chi connectivity index (χ0v) is 20.0. The highest BCUT2D eigenvalue weighted by atomic mass is 16.5. The fraction of sp³-hybridized carbons (Fsp3) is 0.357. The van der Waals surface area contributed by atoms with Gasteiger partial charge in [-0.3, -0.25) is 4.99 Å². The summed E-state index contributed by atoms with van der Waals surface area (Å²) in [5.74, 6) is 1.84. The van der Waals surface area contributed by atoms with Crippen LogP contribution in [0, 0.1) is 17.2 Å². The summed E-state index contributed by atoms with van der Waals surface area (Å²) in [5, 5.41) is 17.5. The Labute approximate surface area is 202 Å². The number of nitrogens with zero attached hydrogens (tertiary/aromatic N) is 4. The molecule has 6 nitrogen and oxygen atoms in total. The van der Waals surface area contributed by atoms with E-state index in [1.54, 1.807) is 18.2 Å². The van der Waals surface area contributed by atoms with Crippen molar-refractivity contribution >= 4 is 5.71 Å². The first-order valence-electron chi connectivity index (χ1n) is 11.8. The molecule has 0 amide bonds. The minimum Gasteiger partial charge on any atom is -0.476 e. The Hall–Kier alpha value is -3.72. The lowest BCUT2D eigenvalue weighted by Gasteiger charge is -2.14. The molecular weight excluding hydrogens is 424 g/mol. The second-order valence-corrected chi connectivity index (χ2v) is 8.61. The first-order valence-corrected chi connectivity index (χ1v) is 11.8. The van der Waals surface area contributed by atoms with Gasteiger partial charge in [-0.25, -0.2) is 0 Å². The molecule has 0 fully saturated rings. The highest BCUT2D eigenvalue weighted by Gasteiger charge is 2.14. The summed E-state index contributed by atoms with van der Waals surface area (Å²) in [6.45, 7) is 8.49. The lowest BCUT2D eigenvalue weighted by molar-refractivity contribution is 0.257. The maximum absolute atomic E-state index is 9.45. The summed E-state index contributed by atoms with van der Waals surface area (Å²) >= 11 is 0. The van der Waals surface area contributed by atoms with Crippen LogP contribution in [-0.2, 0) is 0 Å². The van der Waals surface area contributed by atoms with Gasteiger partial charge in [0.25, 0.3) is 0 Å². The fourth-order valence-electron chi connectivity index (χ4n) is 3.44. The Kier molecular flexibility index (Phi) is 9.60. The molecule has 0 atom stereocenters. The third-order valence-corrected chi connectivity index (χ3v) is 5.20. The van der Waals surface area contributed by atoms with Gasteiger partial charge in [0, 0.05) is 17.8 Å². The van der Waals surface area contributed by atoms with E-state index < -0.39 is 0 Å². The van der Waals surface area contributed by atoms with E-state index in [-0.39, 0.29) is 0 Å². The zero-order valence-electron chi connectivity index (χ0n) is 20.0. The van der Waals surface area contributed by atoms with Crippen LogP contribution in [0.1, 0.15) is 63.5 Å². The molecule has 6 heteroatoms. The molecule has 1 aliphatic rings. The van der Waals surface area contributed by atoms with Crippen molar-refractivity contribution in [3.8, 4) is 23.4 Å². The topological polar surface area (TPSA) is 80.4 Å². The molecule has 176 valence electrons. The summed E-state index contributed by atoms with van der Waals surface area (Å²) < 4.78 is 11.9. The monoisotopic (exact) mass is 456 g/mol. The minimum atomic E-state index is 0.371. The molecule has 0 saturated carbocycles. The van der Waals surface area contributed by atoms with Crippen molar-refractivity contribution < 1.29 is 9.47 Å². The molecule has 0 aliphatic carbocycles. The van der Waals surface area contributed by atoms with Gasteiger partial charge in [0.1, 0.15) is 5.75 Å². The largest absolute Gasteiger partial charge is 0.476 e. The van der Waals surface area contributed by atoms with Crippen LogP contribution in [0.25, 0.3) is 0 Å². The third kappa shape index (κ3) is 7.70. The van der Waals surface area contributed by atoms with Gasteiger partial charge in [-0.15, -0.1) is 11.7 Å². The van der Waals surface area contributed by atoms with Crippen molar-refractivity contribution in [1.82, 2.24) is 10.2 Å². The summed E-state index contributed by atoms with van der Waals surface area (Å²) in [6.07, 6.45) is 15.6. The van der Waals surface area contributed by atoms with Crippen molar-refractivity contribution in [3.63, 3.8) is 0 Å². The molecule has 2 aromatic rings.